The number of para-hydroxylation sites is 2. The van der Waals surface area contributed by atoms with Crippen LogP contribution in [0.2, 0.25) is 0 Å². The number of fused-ring (bicyclic) bond motifs is 1. The zero-order valence-electron chi connectivity index (χ0n) is 19.1. The lowest BCUT2D eigenvalue weighted by molar-refractivity contribution is -0.117. The Morgan fingerprint density at radius 1 is 1.24 bits per heavy atom. The third kappa shape index (κ3) is 4.89. The van der Waals surface area contributed by atoms with E-state index < -0.39 is 0 Å². The Morgan fingerprint density at radius 2 is 2.03 bits per heavy atom. The van der Waals surface area contributed by atoms with Crippen molar-refractivity contribution in [2.24, 2.45) is 0 Å². The second kappa shape index (κ2) is 9.84. The first-order valence-electron chi connectivity index (χ1n) is 11.0. The molecule has 0 saturated carbocycles. The lowest BCUT2D eigenvalue weighted by Gasteiger charge is -2.30. The Kier molecular flexibility index (Phi) is 6.71. The topological polar surface area (TPSA) is 92.7 Å². The molecule has 0 radical (unpaired) electrons. The average Bonchev–Trinajstić information content (AvgIpc) is 3.41. The van der Waals surface area contributed by atoms with Crippen LogP contribution in [0.25, 0.3) is 0 Å². The number of nitrogens with one attached hydrogen (secondary N) is 1. The van der Waals surface area contributed by atoms with Gasteiger partial charge < -0.3 is 23.8 Å². The van der Waals surface area contributed by atoms with Gasteiger partial charge in [0.2, 0.25) is 5.91 Å². The second-order valence-corrected chi connectivity index (χ2v) is 8.08. The Balaban J connectivity index is 1.44. The Hall–Kier alpha value is -3.70. The number of nitriles is 1. The molecule has 172 valence electrons. The molecule has 0 spiro atoms. The molecule has 2 aromatic heterocycles. The maximum Gasteiger partial charge on any atom is 0.239 e. The van der Waals surface area contributed by atoms with Crippen molar-refractivity contribution < 1.29 is 18.7 Å². The first-order chi connectivity index (χ1) is 16.0. The van der Waals surface area contributed by atoms with Gasteiger partial charge in [-0.05, 0) is 50.2 Å². The normalized spacial score (nSPS) is 14.8. The Labute approximate surface area is 193 Å². The van der Waals surface area contributed by atoms with E-state index in [0.29, 0.717) is 37.6 Å². The van der Waals surface area contributed by atoms with Crippen LogP contribution in [0, 0.1) is 25.2 Å². The number of furan rings is 1. The van der Waals surface area contributed by atoms with Gasteiger partial charge in [0.25, 0.3) is 0 Å². The van der Waals surface area contributed by atoms with Crippen LogP contribution in [0.15, 0.2) is 47.1 Å². The lowest BCUT2D eigenvalue weighted by Crippen LogP contribution is -2.43. The highest BCUT2D eigenvalue weighted by Crippen LogP contribution is 2.31. The highest BCUT2D eigenvalue weighted by molar-refractivity contribution is 5.93. The van der Waals surface area contributed by atoms with Crippen molar-refractivity contribution in [1.29, 1.82) is 5.26 Å². The fourth-order valence-electron chi connectivity index (χ4n) is 4.01. The number of nitrogens with zero attached hydrogens (tertiary/aromatic N) is 3. The number of hydrogen-bond acceptors (Lipinski definition) is 6. The van der Waals surface area contributed by atoms with Crippen molar-refractivity contribution in [3.63, 3.8) is 0 Å². The molecule has 1 aliphatic rings. The van der Waals surface area contributed by atoms with Gasteiger partial charge in [0.05, 0.1) is 24.9 Å². The van der Waals surface area contributed by atoms with Crippen LogP contribution in [-0.4, -0.2) is 47.7 Å². The summed E-state index contributed by atoms with van der Waals surface area (Å²) in [5.74, 6) is 2.51. The highest BCUT2D eigenvalue weighted by atomic mass is 16.6. The molecule has 0 fully saturated rings. The molecule has 1 atom stereocenters. The van der Waals surface area contributed by atoms with E-state index >= 15 is 0 Å². The quantitative estimate of drug-likeness (QED) is 0.565. The molecule has 1 aliphatic heterocycles. The van der Waals surface area contributed by atoms with E-state index in [1.54, 1.807) is 6.26 Å². The predicted molar refractivity (Wildman–Crippen MR) is 124 cm³/mol. The number of carbonyl (C=O) groups is 1. The fourth-order valence-corrected chi connectivity index (χ4v) is 4.01. The van der Waals surface area contributed by atoms with Crippen molar-refractivity contribution in [2.75, 3.05) is 31.6 Å². The molecular weight excluding hydrogens is 420 g/mol. The monoisotopic (exact) mass is 448 g/mol. The van der Waals surface area contributed by atoms with Gasteiger partial charge in [0.15, 0.2) is 11.5 Å². The minimum absolute atomic E-state index is 0.172. The van der Waals surface area contributed by atoms with E-state index in [0.717, 1.165) is 28.5 Å². The largest absolute Gasteiger partial charge is 0.486 e. The molecule has 33 heavy (non-hydrogen) atoms. The zero-order valence-corrected chi connectivity index (χ0v) is 19.1. The minimum atomic E-state index is -0.191. The smallest absolute Gasteiger partial charge is 0.239 e. The minimum Gasteiger partial charge on any atom is -0.486 e. The molecule has 1 amide bonds. The third-order valence-corrected chi connectivity index (χ3v) is 5.94. The van der Waals surface area contributed by atoms with E-state index in [1.807, 2.05) is 66.6 Å². The highest BCUT2D eigenvalue weighted by Gasteiger charge is 2.25. The van der Waals surface area contributed by atoms with Gasteiger partial charge >= 0.3 is 0 Å². The van der Waals surface area contributed by atoms with Crippen LogP contribution in [-0.2, 0) is 11.3 Å². The zero-order chi connectivity index (χ0) is 23.4. The summed E-state index contributed by atoms with van der Waals surface area (Å²) in [7, 11) is 0. The van der Waals surface area contributed by atoms with Crippen LogP contribution in [0.5, 0.6) is 11.5 Å². The van der Waals surface area contributed by atoms with E-state index in [2.05, 4.69) is 11.4 Å². The maximum atomic E-state index is 13.0. The molecule has 8 nitrogen and oxygen atoms in total. The first-order valence-corrected chi connectivity index (χ1v) is 11.0. The summed E-state index contributed by atoms with van der Waals surface area (Å²) in [5, 5.41) is 12.7. The van der Waals surface area contributed by atoms with Gasteiger partial charge in [-0.1, -0.05) is 19.1 Å². The average molecular weight is 449 g/mol. The molecule has 0 bridgehead atoms. The molecular formula is C25H28N4O4. The molecule has 8 heteroatoms. The molecule has 3 aromatic rings. The number of benzene rings is 1. The molecule has 0 saturated heterocycles. The van der Waals surface area contributed by atoms with Crippen molar-refractivity contribution in [2.45, 2.75) is 33.4 Å². The number of likely N-dealkylation sites (N-methyl/N-ethyl adjacent to an activating group) is 1. The summed E-state index contributed by atoms with van der Waals surface area (Å²) in [6.07, 6.45) is 1.44. The van der Waals surface area contributed by atoms with Crippen molar-refractivity contribution in [3.8, 4) is 17.6 Å². The van der Waals surface area contributed by atoms with Crippen LogP contribution < -0.4 is 14.8 Å². The van der Waals surface area contributed by atoms with Crippen molar-refractivity contribution in [1.82, 2.24) is 9.47 Å². The van der Waals surface area contributed by atoms with E-state index in [1.165, 1.54) is 0 Å². The summed E-state index contributed by atoms with van der Waals surface area (Å²) in [6, 6.07) is 13.5. The molecule has 3 heterocycles. The van der Waals surface area contributed by atoms with Crippen LogP contribution in [0.1, 0.15) is 29.5 Å². The first kappa shape index (κ1) is 22.5. The molecule has 1 N–H and O–H groups in total. The standard InChI is InChI=1S/C25H28N4O4/c1-4-28(13-20-16-32-22-9-5-6-10-23(22)33-20)15-24(30)27-25-21(12-26)17(2)18(3)29(25)14-19-8-7-11-31-19/h5-11,20H,4,13-16H2,1-3H3,(H,27,30). The number of anilines is 1. The van der Waals surface area contributed by atoms with Gasteiger partial charge in [0.1, 0.15) is 30.4 Å². The SMILES string of the molecule is CCN(CC(=O)Nc1c(C#N)c(C)c(C)n1Cc1ccco1)CC1COc2ccccc2O1. The fraction of sp³-hybridized carbons (Fsp3) is 0.360. The summed E-state index contributed by atoms with van der Waals surface area (Å²) in [5.41, 5.74) is 2.23. The third-order valence-electron chi connectivity index (χ3n) is 5.94. The van der Waals surface area contributed by atoms with E-state index in [4.69, 9.17) is 13.9 Å². The van der Waals surface area contributed by atoms with Crippen molar-refractivity contribution >= 4 is 11.7 Å². The second-order valence-electron chi connectivity index (χ2n) is 8.08. The molecule has 4 rings (SSSR count). The van der Waals surface area contributed by atoms with Gasteiger partial charge in [0, 0.05) is 12.2 Å². The summed E-state index contributed by atoms with van der Waals surface area (Å²) >= 11 is 0. The van der Waals surface area contributed by atoms with E-state index in [-0.39, 0.29) is 18.6 Å². The van der Waals surface area contributed by atoms with Gasteiger partial charge in [-0.25, -0.2) is 0 Å². The number of carbonyl (C=O) groups excluding carboxylic acids is 1. The van der Waals surface area contributed by atoms with E-state index in [9.17, 15) is 10.1 Å². The summed E-state index contributed by atoms with van der Waals surface area (Å²) in [6.45, 7) is 8.08. The molecule has 1 aromatic carbocycles. The number of amides is 1. The van der Waals surface area contributed by atoms with Gasteiger partial charge in [-0.3, -0.25) is 9.69 Å². The molecule has 1 unspecified atom stereocenters. The van der Waals surface area contributed by atoms with Gasteiger partial charge in [-0.2, -0.15) is 5.26 Å². The summed E-state index contributed by atoms with van der Waals surface area (Å²) in [4.78, 5) is 15.0. The van der Waals surface area contributed by atoms with Crippen LogP contribution >= 0.6 is 0 Å². The number of hydrogen-bond donors (Lipinski definition) is 1. The summed E-state index contributed by atoms with van der Waals surface area (Å²) < 4.78 is 19.2. The number of ether oxygens (including phenoxy) is 2. The maximum absolute atomic E-state index is 13.0. The van der Waals surface area contributed by atoms with Crippen LogP contribution in [0.4, 0.5) is 5.82 Å². The number of aromatic nitrogens is 1. The Morgan fingerprint density at radius 3 is 2.73 bits per heavy atom. The Bertz CT molecular complexity index is 1160. The van der Waals surface area contributed by atoms with Crippen molar-refractivity contribution in [3.05, 3.63) is 65.2 Å². The van der Waals surface area contributed by atoms with Gasteiger partial charge in [-0.15, -0.1) is 0 Å². The molecule has 0 aliphatic carbocycles. The predicted octanol–water partition coefficient (Wildman–Crippen LogP) is 3.72. The lowest BCUT2D eigenvalue weighted by atomic mass is 10.2. The van der Waals surface area contributed by atoms with Crippen LogP contribution in [0.3, 0.4) is 0 Å². The number of rotatable bonds is 8.